The summed E-state index contributed by atoms with van der Waals surface area (Å²) in [5.41, 5.74) is -0.323. The van der Waals surface area contributed by atoms with E-state index in [0.717, 1.165) is 25.0 Å². The monoisotopic (exact) mass is 242 g/mol. The quantitative estimate of drug-likeness (QED) is 0.863. The van der Waals surface area contributed by atoms with Gasteiger partial charge in [-0.25, -0.2) is 8.78 Å². The van der Waals surface area contributed by atoms with Crippen molar-refractivity contribution in [3.05, 3.63) is 29.8 Å². The van der Waals surface area contributed by atoms with Crippen molar-refractivity contribution in [2.75, 3.05) is 6.61 Å². The highest BCUT2D eigenvalue weighted by Gasteiger charge is 2.45. The molecule has 0 atom stereocenters. The topological polar surface area (TPSA) is 46.5 Å². The van der Waals surface area contributed by atoms with Crippen molar-refractivity contribution < 1.29 is 23.4 Å². The molecule has 0 amide bonds. The van der Waals surface area contributed by atoms with E-state index in [1.54, 1.807) is 0 Å². The van der Waals surface area contributed by atoms with Crippen molar-refractivity contribution in [2.45, 2.75) is 19.3 Å². The van der Waals surface area contributed by atoms with Crippen molar-refractivity contribution in [2.24, 2.45) is 5.41 Å². The van der Waals surface area contributed by atoms with E-state index in [-0.39, 0.29) is 24.2 Å². The highest BCUT2D eigenvalue weighted by atomic mass is 19.2. The smallest absolute Gasteiger partial charge is 0.304 e. The zero-order valence-electron chi connectivity index (χ0n) is 9.08. The molecule has 5 heteroatoms. The lowest BCUT2D eigenvalue weighted by molar-refractivity contribution is -0.138. The lowest BCUT2D eigenvalue weighted by atomic mass is 10.0. The summed E-state index contributed by atoms with van der Waals surface area (Å²) in [6.07, 6.45) is 1.64. The third kappa shape index (κ3) is 2.93. The lowest BCUT2D eigenvalue weighted by Gasteiger charge is -2.14. The summed E-state index contributed by atoms with van der Waals surface area (Å²) in [6.45, 7) is 0.227. The standard InChI is InChI=1S/C12H12F2O3/c13-9-2-1-8(5-10(9)14)17-7-12(3-4-12)6-11(15)16/h1-2,5H,3-4,6-7H2,(H,15,16). The molecule has 1 N–H and O–H groups in total. The molecule has 17 heavy (non-hydrogen) atoms. The SMILES string of the molecule is O=C(O)CC1(COc2ccc(F)c(F)c2)CC1. The van der Waals surface area contributed by atoms with Crippen LogP contribution < -0.4 is 4.74 Å². The third-order valence-corrected chi connectivity index (χ3v) is 2.92. The summed E-state index contributed by atoms with van der Waals surface area (Å²) in [4.78, 5) is 10.6. The van der Waals surface area contributed by atoms with Gasteiger partial charge in [0.1, 0.15) is 5.75 Å². The molecular weight excluding hydrogens is 230 g/mol. The summed E-state index contributed by atoms with van der Waals surface area (Å²) in [5, 5.41) is 8.70. The van der Waals surface area contributed by atoms with Gasteiger partial charge in [-0.2, -0.15) is 0 Å². The maximum atomic E-state index is 12.9. The fourth-order valence-corrected chi connectivity index (χ4v) is 1.67. The Balaban J connectivity index is 1.94. The largest absolute Gasteiger partial charge is 0.493 e. The van der Waals surface area contributed by atoms with Crippen LogP contribution in [-0.4, -0.2) is 17.7 Å². The number of carbonyl (C=O) groups is 1. The minimum atomic E-state index is -0.967. The highest BCUT2D eigenvalue weighted by molar-refractivity contribution is 5.68. The van der Waals surface area contributed by atoms with E-state index in [1.165, 1.54) is 6.07 Å². The molecule has 0 unspecified atom stereocenters. The molecule has 1 aromatic rings. The normalized spacial score (nSPS) is 16.6. The number of halogens is 2. The Hall–Kier alpha value is -1.65. The molecule has 1 aromatic carbocycles. The van der Waals surface area contributed by atoms with Gasteiger partial charge in [-0.05, 0) is 25.0 Å². The molecule has 0 spiro atoms. The molecule has 0 heterocycles. The third-order valence-electron chi connectivity index (χ3n) is 2.92. The second-order valence-electron chi connectivity index (χ2n) is 4.44. The van der Waals surface area contributed by atoms with Crippen LogP contribution in [0, 0.1) is 17.0 Å². The van der Waals surface area contributed by atoms with E-state index in [0.29, 0.717) is 0 Å². The molecule has 1 saturated carbocycles. The van der Waals surface area contributed by atoms with Gasteiger partial charge < -0.3 is 9.84 Å². The Morgan fingerprint density at radius 2 is 2.06 bits per heavy atom. The van der Waals surface area contributed by atoms with Gasteiger partial charge in [-0.3, -0.25) is 4.79 Å². The number of carboxylic acids is 1. The van der Waals surface area contributed by atoms with Gasteiger partial charge >= 0.3 is 5.97 Å². The Morgan fingerprint density at radius 1 is 1.35 bits per heavy atom. The van der Waals surface area contributed by atoms with Gasteiger partial charge in [-0.15, -0.1) is 0 Å². The van der Waals surface area contributed by atoms with Crippen LogP contribution in [0.4, 0.5) is 8.78 Å². The van der Waals surface area contributed by atoms with E-state index in [4.69, 9.17) is 9.84 Å². The highest BCUT2D eigenvalue weighted by Crippen LogP contribution is 2.49. The van der Waals surface area contributed by atoms with Crippen molar-refractivity contribution in [1.82, 2.24) is 0 Å². The molecule has 0 aromatic heterocycles. The molecule has 0 saturated heterocycles. The molecule has 1 fully saturated rings. The van der Waals surface area contributed by atoms with Crippen LogP contribution in [0.25, 0.3) is 0 Å². The Kier molecular flexibility index (Phi) is 3.00. The van der Waals surface area contributed by atoms with Crippen LogP contribution in [-0.2, 0) is 4.79 Å². The zero-order chi connectivity index (χ0) is 12.5. The average Bonchev–Trinajstić information content (AvgIpc) is 2.99. The molecule has 3 nitrogen and oxygen atoms in total. The Morgan fingerprint density at radius 3 is 2.59 bits per heavy atom. The second-order valence-corrected chi connectivity index (χ2v) is 4.44. The Bertz CT molecular complexity index is 441. The number of hydrogen-bond acceptors (Lipinski definition) is 2. The van der Waals surface area contributed by atoms with Gasteiger partial charge in [0.05, 0.1) is 13.0 Å². The summed E-state index contributed by atoms with van der Waals surface area (Å²) in [5.74, 6) is -2.54. The molecule has 1 aliphatic carbocycles. The molecule has 0 bridgehead atoms. The zero-order valence-corrected chi connectivity index (χ0v) is 9.08. The van der Waals surface area contributed by atoms with Crippen LogP contribution in [0.5, 0.6) is 5.75 Å². The first-order chi connectivity index (χ1) is 8.01. The number of aliphatic carboxylic acids is 1. The van der Waals surface area contributed by atoms with E-state index in [9.17, 15) is 13.6 Å². The first-order valence-electron chi connectivity index (χ1n) is 5.30. The van der Waals surface area contributed by atoms with Crippen LogP contribution in [0.15, 0.2) is 18.2 Å². The first-order valence-corrected chi connectivity index (χ1v) is 5.30. The number of hydrogen-bond donors (Lipinski definition) is 1. The predicted octanol–water partition coefficient (Wildman–Crippen LogP) is 2.60. The number of carboxylic acid groups (broad SMARTS) is 1. The van der Waals surface area contributed by atoms with Crippen LogP contribution in [0.2, 0.25) is 0 Å². The van der Waals surface area contributed by atoms with Gasteiger partial charge in [0.2, 0.25) is 0 Å². The average molecular weight is 242 g/mol. The second kappa shape index (κ2) is 4.31. The van der Waals surface area contributed by atoms with Gasteiger partial charge in [0, 0.05) is 11.5 Å². The first kappa shape index (κ1) is 11.8. The van der Waals surface area contributed by atoms with Gasteiger partial charge in [-0.1, -0.05) is 0 Å². The molecule has 0 aliphatic heterocycles. The summed E-state index contributed by atoms with van der Waals surface area (Å²) in [6, 6.07) is 3.28. The summed E-state index contributed by atoms with van der Waals surface area (Å²) in [7, 11) is 0. The Labute approximate surface area is 97.0 Å². The molecule has 2 rings (SSSR count). The summed E-state index contributed by atoms with van der Waals surface area (Å²) >= 11 is 0. The maximum Gasteiger partial charge on any atom is 0.304 e. The minimum absolute atomic E-state index is 0.0523. The molecular formula is C12H12F2O3. The number of benzene rings is 1. The van der Waals surface area contributed by atoms with Crippen LogP contribution in [0.3, 0.4) is 0 Å². The summed E-state index contributed by atoms with van der Waals surface area (Å²) < 4.78 is 30.8. The maximum absolute atomic E-state index is 12.9. The fraction of sp³-hybridized carbons (Fsp3) is 0.417. The van der Waals surface area contributed by atoms with Gasteiger partial charge in [0.25, 0.3) is 0 Å². The van der Waals surface area contributed by atoms with Gasteiger partial charge in [0.15, 0.2) is 11.6 Å². The molecule has 0 radical (unpaired) electrons. The van der Waals surface area contributed by atoms with E-state index < -0.39 is 17.6 Å². The van der Waals surface area contributed by atoms with Crippen molar-refractivity contribution in [1.29, 1.82) is 0 Å². The predicted molar refractivity (Wildman–Crippen MR) is 55.8 cm³/mol. The van der Waals surface area contributed by atoms with Crippen molar-refractivity contribution in [3.8, 4) is 5.75 Å². The molecule has 1 aliphatic rings. The molecule has 92 valence electrons. The van der Waals surface area contributed by atoms with E-state index in [1.807, 2.05) is 0 Å². The fourth-order valence-electron chi connectivity index (χ4n) is 1.67. The van der Waals surface area contributed by atoms with Crippen molar-refractivity contribution >= 4 is 5.97 Å². The minimum Gasteiger partial charge on any atom is -0.493 e. The van der Waals surface area contributed by atoms with E-state index in [2.05, 4.69) is 0 Å². The number of rotatable bonds is 5. The van der Waals surface area contributed by atoms with Crippen LogP contribution >= 0.6 is 0 Å². The van der Waals surface area contributed by atoms with Crippen LogP contribution in [0.1, 0.15) is 19.3 Å². The van der Waals surface area contributed by atoms with E-state index >= 15 is 0 Å². The lowest BCUT2D eigenvalue weighted by Crippen LogP contribution is -2.17. The van der Waals surface area contributed by atoms with Crippen molar-refractivity contribution in [3.63, 3.8) is 0 Å². The number of ether oxygens (including phenoxy) is 1.